The number of pyridine rings is 1. The van der Waals surface area contributed by atoms with Gasteiger partial charge in [0.15, 0.2) is 0 Å². The van der Waals surface area contributed by atoms with Gasteiger partial charge in [0.1, 0.15) is 12.4 Å². The van der Waals surface area contributed by atoms with Crippen LogP contribution in [0.3, 0.4) is 0 Å². The number of piperazine rings is 1. The summed E-state index contributed by atoms with van der Waals surface area (Å²) in [6, 6.07) is 8.27. The monoisotopic (exact) mass is 410 g/mol. The van der Waals surface area contributed by atoms with Crippen molar-refractivity contribution in [1.29, 1.82) is 0 Å². The Kier molecular flexibility index (Phi) is 5.78. The molecule has 29 heavy (non-hydrogen) atoms. The maximum Gasteiger partial charge on any atom is 0.248 e. The average Bonchev–Trinajstić information content (AvgIpc) is 3.17. The summed E-state index contributed by atoms with van der Waals surface area (Å²) in [5.41, 5.74) is 6.24. The van der Waals surface area contributed by atoms with E-state index < -0.39 is 0 Å². The van der Waals surface area contributed by atoms with E-state index in [9.17, 15) is 4.79 Å². The maximum atomic E-state index is 12.7. The zero-order valence-electron chi connectivity index (χ0n) is 17.1. The molecule has 7 heteroatoms. The molecule has 1 fully saturated rings. The third-order valence-corrected chi connectivity index (χ3v) is 6.27. The lowest BCUT2D eigenvalue weighted by Crippen LogP contribution is -2.55. The van der Waals surface area contributed by atoms with Gasteiger partial charge in [-0.1, -0.05) is 18.2 Å². The van der Waals surface area contributed by atoms with E-state index in [1.165, 1.54) is 11.1 Å². The highest BCUT2D eigenvalue weighted by atomic mass is 32.1. The van der Waals surface area contributed by atoms with E-state index in [0.717, 1.165) is 34.7 Å². The van der Waals surface area contributed by atoms with Crippen LogP contribution in [0.4, 0.5) is 5.82 Å². The molecule has 3 heterocycles. The van der Waals surface area contributed by atoms with E-state index in [4.69, 9.17) is 4.74 Å². The first-order valence-corrected chi connectivity index (χ1v) is 10.8. The van der Waals surface area contributed by atoms with Crippen LogP contribution in [0.5, 0.6) is 0 Å². The van der Waals surface area contributed by atoms with Crippen molar-refractivity contribution in [1.82, 2.24) is 14.9 Å². The number of ether oxygens (including phenoxy) is 1. The van der Waals surface area contributed by atoms with Crippen LogP contribution < -0.4 is 4.90 Å². The molecule has 6 nitrogen and oxygen atoms in total. The summed E-state index contributed by atoms with van der Waals surface area (Å²) < 4.78 is 6.89. The Morgan fingerprint density at radius 3 is 2.93 bits per heavy atom. The first-order chi connectivity index (χ1) is 14.0. The fraction of sp³-hybridized carbons (Fsp3) is 0.409. The molecule has 0 aliphatic carbocycles. The molecule has 4 rings (SSSR count). The lowest BCUT2D eigenvalue weighted by atomic mass is 10.1. The first kappa shape index (κ1) is 19.8. The minimum atomic E-state index is 0.0437. The van der Waals surface area contributed by atoms with Crippen LogP contribution in [0, 0.1) is 13.8 Å². The van der Waals surface area contributed by atoms with Crippen molar-refractivity contribution >= 4 is 33.3 Å². The van der Waals surface area contributed by atoms with E-state index in [1.54, 1.807) is 11.3 Å². The van der Waals surface area contributed by atoms with Crippen molar-refractivity contribution in [2.24, 2.45) is 0 Å². The van der Waals surface area contributed by atoms with Crippen LogP contribution >= 0.6 is 11.3 Å². The molecule has 0 bridgehead atoms. The second-order valence-electron chi connectivity index (χ2n) is 7.65. The molecule has 0 radical (unpaired) electrons. The van der Waals surface area contributed by atoms with Crippen LogP contribution in [0.2, 0.25) is 0 Å². The van der Waals surface area contributed by atoms with Crippen LogP contribution in [0.15, 0.2) is 36.0 Å². The van der Waals surface area contributed by atoms with Gasteiger partial charge in [0.25, 0.3) is 0 Å². The predicted molar refractivity (Wildman–Crippen MR) is 116 cm³/mol. The van der Waals surface area contributed by atoms with Crippen molar-refractivity contribution in [2.75, 3.05) is 31.1 Å². The molecule has 2 aromatic heterocycles. The predicted octanol–water partition coefficient (Wildman–Crippen LogP) is 3.56. The smallest absolute Gasteiger partial charge is 0.248 e. The number of thiazole rings is 1. The number of carbonyl (C=O) groups is 1. The fourth-order valence-electron chi connectivity index (χ4n) is 3.95. The summed E-state index contributed by atoms with van der Waals surface area (Å²) in [4.78, 5) is 25.9. The molecule has 0 N–H and O–H groups in total. The van der Waals surface area contributed by atoms with Gasteiger partial charge in [0, 0.05) is 31.9 Å². The molecule has 3 aromatic rings. The molecule has 1 aliphatic heterocycles. The molecule has 1 atom stereocenters. The Labute approximate surface area is 175 Å². The molecule has 0 spiro atoms. The van der Waals surface area contributed by atoms with Crippen molar-refractivity contribution < 1.29 is 9.53 Å². The molecular formula is C22H26N4O2S. The maximum absolute atomic E-state index is 12.7. The minimum Gasteiger partial charge on any atom is -0.367 e. The fourth-order valence-corrected chi connectivity index (χ4v) is 4.74. The van der Waals surface area contributed by atoms with Crippen molar-refractivity contribution in [3.05, 3.63) is 52.7 Å². The molecular weight excluding hydrogens is 384 g/mol. The summed E-state index contributed by atoms with van der Waals surface area (Å²) in [6.45, 7) is 9.01. The standard InChI is InChI=1S/C22H26N4O2S/c1-15-9-16(2)22(23-10-15)25-7-8-26(17(3)11-25)20(27)13-28-12-18-5-4-6-19-21(18)29-14-24-19/h4-6,9-10,14,17H,7-8,11-13H2,1-3H3/t17-/m0/s1. The molecule has 1 aromatic carbocycles. The zero-order chi connectivity index (χ0) is 20.4. The van der Waals surface area contributed by atoms with Gasteiger partial charge in [-0.3, -0.25) is 4.79 Å². The first-order valence-electron chi connectivity index (χ1n) is 9.89. The van der Waals surface area contributed by atoms with E-state index in [2.05, 4.69) is 41.7 Å². The Morgan fingerprint density at radius 1 is 1.28 bits per heavy atom. The molecule has 0 saturated carbocycles. The molecule has 1 aliphatic rings. The number of aryl methyl sites for hydroxylation is 2. The number of anilines is 1. The largest absolute Gasteiger partial charge is 0.367 e. The zero-order valence-corrected chi connectivity index (χ0v) is 17.9. The van der Waals surface area contributed by atoms with Gasteiger partial charge >= 0.3 is 0 Å². The Hall–Kier alpha value is -2.51. The number of hydrogen-bond acceptors (Lipinski definition) is 6. The van der Waals surface area contributed by atoms with E-state index >= 15 is 0 Å². The number of amides is 1. The van der Waals surface area contributed by atoms with E-state index in [1.807, 2.05) is 34.8 Å². The Morgan fingerprint density at radius 2 is 2.14 bits per heavy atom. The number of rotatable bonds is 5. The lowest BCUT2D eigenvalue weighted by molar-refractivity contribution is -0.139. The second kappa shape index (κ2) is 8.47. The molecule has 0 unspecified atom stereocenters. The van der Waals surface area contributed by atoms with Crippen LogP contribution in [-0.2, 0) is 16.1 Å². The van der Waals surface area contributed by atoms with Gasteiger partial charge < -0.3 is 14.5 Å². The van der Waals surface area contributed by atoms with Crippen molar-refractivity contribution in [2.45, 2.75) is 33.4 Å². The topological polar surface area (TPSA) is 58.6 Å². The van der Waals surface area contributed by atoms with E-state index in [0.29, 0.717) is 13.2 Å². The average molecular weight is 411 g/mol. The van der Waals surface area contributed by atoms with Gasteiger partial charge in [-0.15, -0.1) is 11.3 Å². The third kappa shape index (κ3) is 4.26. The summed E-state index contributed by atoms with van der Waals surface area (Å²) in [7, 11) is 0. The number of benzene rings is 1. The van der Waals surface area contributed by atoms with E-state index in [-0.39, 0.29) is 18.6 Å². The van der Waals surface area contributed by atoms with Crippen LogP contribution in [0.1, 0.15) is 23.6 Å². The Bertz CT molecular complexity index is 1020. The van der Waals surface area contributed by atoms with Gasteiger partial charge in [-0.05, 0) is 43.5 Å². The quantitative estimate of drug-likeness (QED) is 0.644. The third-order valence-electron chi connectivity index (χ3n) is 5.36. The lowest BCUT2D eigenvalue weighted by Gasteiger charge is -2.40. The highest BCUT2D eigenvalue weighted by Gasteiger charge is 2.28. The van der Waals surface area contributed by atoms with Crippen LogP contribution in [-0.4, -0.2) is 53.1 Å². The molecule has 152 valence electrons. The number of nitrogens with zero attached hydrogens (tertiary/aromatic N) is 4. The molecule has 1 amide bonds. The summed E-state index contributed by atoms with van der Waals surface area (Å²) in [6.07, 6.45) is 1.90. The van der Waals surface area contributed by atoms with Gasteiger partial charge in [0.05, 0.1) is 22.3 Å². The van der Waals surface area contributed by atoms with Crippen molar-refractivity contribution in [3.8, 4) is 0 Å². The number of carbonyl (C=O) groups excluding carboxylic acids is 1. The normalized spacial score (nSPS) is 17.1. The second-order valence-corrected chi connectivity index (χ2v) is 8.50. The highest BCUT2D eigenvalue weighted by Crippen LogP contribution is 2.23. The molecule has 1 saturated heterocycles. The number of fused-ring (bicyclic) bond motifs is 1. The highest BCUT2D eigenvalue weighted by molar-refractivity contribution is 7.16. The van der Waals surface area contributed by atoms with Crippen molar-refractivity contribution in [3.63, 3.8) is 0 Å². The van der Waals surface area contributed by atoms with Gasteiger partial charge in [-0.25, -0.2) is 9.97 Å². The summed E-state index contributed by atoms with van der Waals surface area (Å²) in [5.74, 6) is 1.06. The van der Waals surface area contributed by atoms with Gasteiger partial charge in [0.2, 0.25) is 5.91 Å². The van der Waals surface area contributed by atoms with Gasteiger partial charge in [-0.2, -0.15) is 0 Å². The minimum absolute atomic E-state index is 0.0437. The summed E-state index contributed by atoms with van der Waals surface area (Å²) >= 11 is 1.60. The number of hydrogen-bond donors (Lipinski definition) is 0. The SMILES string of the molecule is Cc1cnc(N2CCN(C(=O)COCc3cccc4ncsc34)[C@@H](C)C2)c(C)c1. The van der Waals surface area contributed by atoms with Crippen LogP contribution in [0.25, 0.3) is 10.2 Å². The number of aromatic nitrogens is 2. The summed E-state index contributed by atoms with van der Waals surface area (Å²) in [5, 5.41) is 0. The Balaban J connectivity index is 1.32.